The lowest BCUT2D eigenvalue weighted by Crippen LogP contribution is -2.12. The Morgan fingerprint density at radius 3 is 2.38 bits per heavy atom. The Kier molecular flexibility index (Phi) is 6.23. The monoisotopic (exact) mass is 447 g/mol. The number of fused-ring (bicyclic) bond motifs is 1. The van der Waals surface area contributed by atoms with Crippen LogP contribution >= 0.6 is 11.6 Å². The summed E-state index contributed by atoms with van der Waals surface area (Å²) in [6, 6.07) is 21.9. The summed E-state index contributed by atoms with van der Waals surface area (Å²) in [5.41, 5.74) is 3.66. The topological polar surface area (TPSA) is 84.2 Å². The number of para-hydroxylation sites is 1. The molecule has 4 rings (SSSR count). The Labute approximate surface area is 190 Å². The lowest BCUT2D eigenvalue weighted by molar-refractivity contribution is -0.138. The van der Waals surface area contributed by atoms with Crippen LogP contribution in [0.1, 0.15) is 40.9 Å². The predicted octanol–water partition coefficient (Wildman–Crippen LogP) is 5.57. The van der Waals surface area contributed by atoms with Gasteiger partial charge in [-0.2, -0.15) is 5.10 Å². The first kappa shape index (κ1) is 21.6. The van der Waals surface area contributed by atoms with Crippen molar-refractivity contribution in [3.63, 3.8) is 0 Å². The Balaban J connectivity index is 1.54. The van der Waals surface area contributed by atoms with Crippen molar-refractivity contribution in [3.8, 4) is 0 Å². The fourth-order valence-corrected chi connectivity index (χ4v) is 3.81. The quantitative estimate of drug-likeness (QED) is 0.388. The van der Waals surface area contributed by atoms with Crippen LogP contribution in [-0.2, 0) is 11.3 Å². The summed E-state index contributed by atoms with van der Waals surface area (Å²) < 4.78 is 1.83. The molecule has 1 amide bonds. The highest BCUT2D eigenvalue weighted by Crippen LogP contribution is 2.28. The molecule has 1 aromatic heterocycles. The van der Waals surface area contributed by atoms with Crippen molar-refractivity contribution in [3.05, 3.63) is 94.6 Å². The van der Waals surface area contributed by atoms with Gasteiger partial charge in [-0.3, -0.25) is 14.3 Å². The molecule has 0 aliphatic rings. The van der Waals surface area contributed by atoms with E-state index in [1.165, 1.54) is 0 Å². The number of rotatable bonds is 7. The number of nitrogens with zero attached hydrogens (tertiary/aromatic N) is 2. The summed E-state index contributed by atoms with van der Waals surface area (Å²) in [7, 11) is 0. The number of carboxylic acids is 1. The average Bonchev–Trinajstić information content (AvgIpc) is 3.14. The number of halogens is 1. The number of carbonyl (C=O) groups is 2. The van der Waals surface area contributed by atoms with Gasteiger partial charge in [0.2, 0.25) is 0 Å². The number of hydrogen-bond donors (Lipinski definition) is 2. The third kappa shape index (κ3) is 4.50. The first-order valence-electron chi connectivity index (χ1n) is 10.3. The zero-order valence-electron chi connectivity index (χ0n) is 17.5. The van der Waals surface area contributed by atoms with Crippen LogP contribution in [0.25, 0.3) is 10.9 Å². The van der Waals surface area contributed by atoms with Gasteiger partial charge in [0.1, 0.15) is 5.92 Å². The molecule has 0 saturated heterocycles. The van der Waals surface area contributed by atoms with E-state index in [1.807, 2.05) is 60.1 Å². The van der Waals surface area contributed by atoms with E-state index in [4.69, 9.17) is 11.6 Å². The van der Waals surface area contributed by atoms with Crippen LogP contribution in [0.15, 0.2) is 72.8 Å². The zero-order valence-corrected chi connectivity index (χ0v) is 18.2. The second-order valence-electron chi connectivity index (χ2n) is 7.52. The van der Waals surface area contributed by atoms with E-state index in [1.54, 1.807) is 24.3 Å². The van der Waals surface area contributed by atoms with Crippen LogP contribution in [0.3, 0.4) is 0 Å². The molecule has 3 aromatic carbocycles. The van der Waals surface area contributed by atoms with Gasteiger partial charge in [-0.05, 0) is 54.4 Å². The number of amides is 1. The number of anilines is 1. The van der Waals surface area contributed by atoms with Crippen molar-refractivity contribution >= 4 is 40.1 Å². The number of carbonyl (C=O) groups excluding carboxylic acids is 1. The Hall–Kier alpha value is -3.64. The van der Waals surface area contributed by atoms with E-state index in [9.17, 15) is 14.7 Å². The number of hydrogen-bond acceptors (Lipinski definition) is 3. The minimum absolute atomic E-state index is 0.212. The second kappa shape index (κ2) is 9.24. The maximum Gasteiger partial charge on any atom is 0.312 e. The summed E-state index contributed by atoms with van der Waals surface area (Å²) in [5, 5.41) is 18.5. The van der Waals surface area contributed by atoms with E-state index in [2.05, 4.69) is 10.4 Å². The van der Waals surface area contributed by atoms with Crippen LogP contribution < -0.4 is 5.32 Å². The summed E-state index contributed by atoms with van der Waals surface area (Å²) in [6.45, 7) is 2.34. The molecule has 1 atom stereocenters. The normalized spacial score (nSPS) is 11.9. The molecule has 0 saturated carbocycles. The lowest BCUT2D eigenvalue weighted by atomic mass is 9.99. The number of benzene rings is 3. The van der Waals surface area contributed by atoms with E-state index in [-0.39, 0.29) is 5.91 Å². The van der Waals surface area contributed by atoms with Gasteiger partial charge in [0.05, 0.1) is 17.8 Å². The minimum Gasteiger partial charge on any atom is -0.481 e. The van der Waals surface area contributed by atoms with Crippen molar-refractivity contribution in [1.29, 1.82) is 0 Å². The van der Waals surface area contributed by atoms with Gasteiger partial charge >= 0.3 is 5.97 Å². The SMILES string of the molecule is CCC(C(=O)O)c1nn(Cc2ccc(NC(=O)c3ccc(Cl)cc3)cc2)c2ccccc12. The molecule has 162 valence electrons. The van der Waals surface area contributed by atoms with E-state index in [0.29, 0.717) is 34.9 Å². The third-order valence-corrected chi connectivity index (χ3v) is 5.63. The first-order valence-corrected chi connectivity index (χ1v) is 10.7. The summed E-state index contributed by atoms with van der Waals surface area (Å²) in [4.78, 5) is 24.1. The van der Waals surface area contributed by atoms with Crippen LogP contribution in [0.5, 0.6) is 0 Å². The molecule has 1 unspecified atom stereocenters. The number of nitrogens with one attached hydrogen (secondary N) is 1. The van der Waals surface area contributed by atoms with Crippen molar-refractivity contribution in [2.75, 3.05) is 5.32 Å². The molecule has 4 aromatic rings. The molecule has 0 radical (unpaired) electrons. The fourth-order valence-electron chi connectivity index (χ4n) is 3.69. The molecule has 1 heterocycles. The highest BCUT2D eigenvalue weighted by atomic mass is 35.5. The molecule has 2 N–H and O–H groups in total. The molecule has 0 spiro atoms. The Bertz CT molecular complexity index is 1260. The largest absolute Gasteiger partial charge is 0.481 e. The van der Waals surface area contributed by atoms with Gasteiger partial charge < -0.3 is 10.4 Å². The summed E-state index contributed by atoms with van der Waals surface area (Å²) >= 11 is 5.87. The molecule has 6 nitrogen and oxygen atoms in total. The standard InChI is InChI=1S/C25H22ClN3O3/c1-2-20(25(31)32)23-21-5-3-4-6-22(21)29(28-23)15-16-7-13-19(14-8-16)27-24(30)17-9-11-18(26)12-10-17/h3-14,20H,2,15H2,1H3,(H,27,30)(H,31,32). The van der Waals surface area contributed by atoms with Crippen molar-refractivity contribution < 1.29 is 14.7 Å². The highest BCUT2D eigenvalue weighted by Gasteiger charge is 2.24. The zero-order chi connectivity index (χ0) is 22.7. The number of aromatic nitrogens is 2. The first-order chi connectivity index (χ1) is 15.5. The Morgan fingerprint density at radius 2 is 1.72 bits per heavy atom. The van der Waals surface area contributed by atoms with Crippen molar-refractivity contribution in [2.24, 2.45) is 0 Å². The van der Waals surface area contributed by atoms with Gasteiger partial charge in [0.25, 0.3) is 5.91 Å². The molecule has 0 aliphatic carbocycles. The van der Waals surface area contributed by atoms with E-state index >= 15 is 0 Å². The number of aliphatic carboxylic acids is 1. The molecule has 0 aliphatic heterocycles. The summed E-state index contributed by atoms with van der Waals surface area (Å²) in [6.07, 6.45) is 0.471. The maximum atomic E-state index is 12.4. The second-order valence-corrected chi connectivity index (χ2v) is 7.95. The molecule has 7 heteroatoms. The van der Waals surface area contributed by atoms with Crippen LogP contribution in [0.2, 0.25) is 5.02 Å². The maximum absolute atomic E-state index is 12.4. The van der Waals surface area contributed by atoms with Gasteiger partial charge in [-0.1, -0.05) is 48.9 Å². The molecular weight excluding hydrogens is 426 g/mol. The predicted molar refractivity (Wildman–Crippen MR) is 125 cm³/mol. The van der Waals surface area contributed by atoms with E-state index < -0.39 is 11.9 Å². The minimum atomic E-state index is -0.872. The molecular formula is C25H22ClN3O3. The molecule has 32 heavy (non-hydrogen) atoms. The van der Waals surface area contributed by atoms with Gasteiger partial charge in [0.15, 0.2) is 0 Å². The van der Waals surface area contributed by atoms with E-state index in [0.717, 1.165) is 16.5 Å². The molecule has 0 bridgehead atoms. The van der Waals surface area contributed by atoms with Crippen molar-refractivity contribution in [2.45, 2.75) is 25.8 Å². The third-order valence-electron chi connectivity index (χ3n) is 5.37. The van der Waals surface area contributed by atoms with Gasteiger partial charge in [0, 0.05) is 21.7 Å². The molecule has 0 fully saturated rings. The number of carboxylic acid groups (broad SMARTS) is 1. The highest BCUT2D eigenvalue weighted by molar-refractivity contribution is 6.30. The summed E-state index contributed by atoms with van der Waals surface area (Å²) in [5.74, 6) is -1.73. The average molecular weight is 448 g/mol. The van der Waals surface area contributed by atoms with Crippen LogP contribution in [0.4, 0.5) is 5.69 Å². The smallest absolute Gasteiger partial charge is 0.312 e. The van der Waals surface area contributed by atoms with Crippen LogP contribution in [-0.4, -0.2) is 26.8 Å². The van der Waals surface area contributed by atoms with Crippen molar-refractivity contribution in [1.82, 2.24) is 9.78 Å². The van der Waals surface area contributed by atoms with Gasteiger partial charge in [-0.15, -0.1) is 0 Å². The van der Waals surface area contributed by atoms with Crippen LogP contribution in [0, 0.1) is 0 Å². The lowest BCUT2D eigenvalue weighted by Gasteiger charge is -2.08. The van der Waals surface area contributed by atoms with Gasteiger partial charge in [-0.25, -0.2) is 0 Å². The fraction of sp³-hybridized carbons (Fsp3) is 0.160. The Morgan fingerprint density at radius 1 is 1.03 bits per heavy atom.